The van der Waals surface area contributed by atoms with Crippen LogP contribution in [0.4, 0.5) is 0 Å². The van der Waals surface area contributed by atoms with Crippen LogP contribution in [-0.4, -0.2) is 34.9 Å². The maximum atomic E-state index is 12.6. The molecule has 1 aliphatic heterocycles. The molecular weight excluding hydrogens is 318 g/mol. The number of hydrogen-bond acceptors (Lipinski definition) is 4. The Hall–Kier alpha value is -0.940. The molecule has 1 saturated carbocycles. The van der Waals surface area contributed by atoms with E-state index < -0.39 is 0 Å². The summed E-state index contributed by atoms with van der Waals surface area (Å²) in [6.45, 7) is 9.56. The van der Waals surface area contributed by atoms with E-state index in [1.54, 1.807) is 11.3 Å². The number of nitrogens with one attached hydrogen (secondary N) is 1. The largest absolute Gasteiger partial charge is 0.353 e. The number of piperidine rings is 1. The van der Waals surface area contributed by atoms with Gasteiger partial charge in [0.15, 0.2) is 0 Å². The molecule has 2 heterocycles. The highest BCUT2D eigenvalue weighted by Gasteiger charge is 2.31. The molecule has 1 saturated heterocycles. The molecule has 1 amide bonds. The second-order valence-electron chi connectivity index (χ2n) is 7.79. The lowest BCUT2D eigenvalue weighted by Gasteiger charge is -2.37. The topological polar surface area (TPSA) is 45.2 Å². The Morgan fingerprint density at radius 3 is 2.79 bits per heavy atom. The van der Waals surface area contributed by atoms with Gasteiger partial charge in [-0.05, 0) is 38.0 Å². The van der Waals surface area contributed by atoms with E-state index in [2.05, 4.69) is 36.0 Å². The van der Waals surface area contributed by atoms with Crippen LogP contribution in [0.5, 0.6) is 0 Å². The molecule has 1 aromatic rings. The molecule has 0 aromatic carbocycles. The fourth-order valence-corrected chi connectivity index (χ4v) is 5.11. The first-order chi connectivity index (χ1) is 11.5. The standard InChI is InChI=1S/C19H31N3OS/c1-13-11-22(12-17-10-20-15(3)24-17)9-8-18(13)21-19(23)14(2)16-6-4-5-7-16/h10,13-14,16,18H,4-9,11-12H2,1-3H3,(H,21,23)/t13-,14+,18+/m1/s1. The number of rotatable bonds is 5. The number of nitrogens with zero attached hydrogens (tertiary/aromatic N) is 2. The molecule has 1 N–H and O–H groups in total. The molecule has 1 aromatic heterocycles. The smallest absolute Gasteiger partial charge is 0.223 e. The Labute approximate surface area is 150 Å². The fraction of sp³-hybridized carbons (Fsp3) is 0.789. The molecular formula is C19H31N3OS. The van der Waals surface area contributed by atoms with Crippen molar-refractivity contribution in [3.05, 3.63) is 16.1 Å². The summed E-state index contributed by atoms with van der Waals surface area (Å²) < 4.78 is 0. The Morgan fingerprint density at radius 1 is 1.42 bits per heavy atom. The maximum Gasteiger partial charge on any atom is 0.223 e. The van der Waals surface area contributed by atoms with Gasteiger partial charge in [0, 0.05) is 42.7 Å². The van der Waals surface area contributed by atoms with Crippen LogP contribution >= 0.6 is 11.3 Å². The van der Waals surface area contributed by atoms with E-state index in [4.69, 9.17) is 0 Å². The first-order valence-corrected chi connectivity index (χ1v) is 10.3. The summed E-state index contributed by atoms with van der Waals surface area (Å²) in [5.41, 5.74) is 0. The third-order valence-electron chi connectivity index (χ3n) is 5.89. The van der Waals surface area contributed by atoms with Gasteiger partial charge in [-0.2, -0.15) is 0 Å². The van der Waals surface area contributed by atoms with Gasteiger partial charge < -0.3 is 5.32 Å². The molecule has 2 fully saturated rings. The lowest BCUT2D eigenvalue weighted by Crippen LogP contribution is -2.51. The van der Waals surface area contributed by atoms with Crippen molar-refractivity contribution >= 4 is 17.2 Å². The average molecular weight is 350 g/mol. The second kappa shape index (κ2) is 7.96. The zero-order chi connectivity index (χ0) is 17.1. The summed E-state index contributed by atoms with van der Waals surface area (Å²) >= 11 is 1.79. The van der Waals surface area contributed by atoms with Crippen LogP contribution in [0.15, 0.2) is 6.20 Å². The van der Waals surface area contributed by atoms with Crippen LogP contribution in [0, 0.1) is 24.7 Å². The Kier molecular flexibility index (Phi) is 5.93. The van der Waals surface area contributed by atoms with E-state index in [1.807, 2.05) is 6.20 Å². The highest BCUT2D eigenvalue weighted by Crippen LogP contribution is 2.31. The minimum atomic E-state index is 0.179. The molecule has 5 heteroatoms. The number of carbonyl (C=O) groups is 1. The monoisotopic (exact) mass is 349 g/mol. The number of aryl methyl sites for hydroxylation is 1. The summed E-state index contributed by atoms with van der Waals surface area (Å²) in [6, 6.07) is 0.334. The summed E-state index contributed by atoms with van der Waals surface area (Å²) in [6.07, 6.45) is 8.12. The molecule has 3 rings (SSSR count). The number of likely N-dealkylation sites (tertiary alicyclic amines) is 1. The predicted octanol–water partition coefficient (Wildman–Crippen LogP) is 3.60. The van der Waals surface area contributed by atoms with Crippen LogP contribution in [0.1, 0.15) is 55.8 Å². The second-order valence-corrected chi connectivity index (χ2v) is 9.11. The van der Waals surface area contributed by atoms with Crippen molar-refractivity contribution in [3.8, 4) is 0 Å². The quantitative estimate of drug-likeness (QED) is 0.883. The number of amides is 1. The van der Waals surface area contributed by atoms with Gasteiger partial charge in [0.2, 0.25) is 5.91 Å². The Bertz CT molecular complexity index is 553. The van der Waals surface area contributed by atoms with E-state index in [0.29, 0.717) is 17.9 Å². The van der Waals surface area contributed by atoms with E-state index in [9.17, 15) is 4.79 Å². The van der Waals surface area contributed by atoms with Crippen molar-refractivity contribution in [3.63, 3.8) is 0 Å². The summed E-state index contributed by atoms with van der Waals surface area (Å²) in [5.74, 6) is 1.57. The average Bonchev–Trinajstić information content (AvgIpc) is 3.21. The van der Waals surface area contributed by atoms with Crippen LogP contribution < -0.4 is 5.32 Å². The lowest BCUT2D eigenvalue weighted by molar-refractivity contribution is -0.127. The summed E-state index contributed by atoms with van der Waals surface area (Å²) in [4.78, 5) is 20.8. The van der Waals surface area contributed by atoms with Crippen LogP contribution in [0.2, 0.25) is 0 Å². The number of aromatic nitrogens is 1. The van der Waals surface area contributed by atoms with Gasteiger partial charge in [0.1, 0.15) is 0 Å². The third kappa shape index (κ3) is 4.37. The fourth-order valence-electron chi connectivity index (χ4n) is 4.27. The van der Waals surface area contributed by atoms with Crippen molar-refractivity contribution in [2.75, 3.05) is 13.1 Å². The summed E-state index contributed by atoms with van der Waals surface area (Å²) in [5, 5.41) is 4.50. The first-order valence-electron chi connectivity index (χ1n) is 9.47. The molecule has 24 heavy (non-hydrogen) atoms. The van der Waals surface area contributed by atoms with Crippen LogP contribution in [0.3, 0.4) is 0 Å². The minimum Gasteiger partial charge on any atom is -0.353 e. The normalized spacial score (nSPS) is 27.3. The van der Waals surface area contributed by atoms with E-state index in [-0.39, 0.29) is 11.8 Å². The molecule has 2 aliphatic rings. The van der Waals surface area contributed by atoms with Gasteiger partial charge in [0.25, 0.3) is 0 Å². The van der Waals surface area contributed by atoms with Crippen molar-refractivity contribution in [2.45, 2.75) is 65.5 Å². The van der Waals surface area contributed by atoms with Crippen molar-refractivity contribution < 1.29 is 4.79 Å². The van der Waals surface area contributed by atoms with Gasteiger partial charge in [-0.25, -0.2) is 4.98 Å². The van der Waals surface area contributed by atoms with Gasteiger partial charge >= 0.3 is 0 Å². The highest BCUT2D eigenvalue weighted by molar-refractivity contribution is 7.11. The molecule has 134 valence electrons. The summed E-state index contributed by atoms with van der Waals surface area (Å²) in [7, 11) is 0. The molecule has 3 atom stereocenters. The Balaban J connectivity index is 1.47. The predicted molar refractivity (Wildman–Crippen MR) is 99.0 cm³/mol. The van der Waals surface area contributed by atoms with Gasteiger partial charge in [0.05, 0.1) is 5.01 Å². The zero-order valence-corrected chi connectivity index (χ0v) is 16.1. The van der Waals surface area contributed by atoms with Crippen LogP contribution in [-0.2, 0) is 11.3 Å². The van der Waals surface area contributed by atoms with E-state index >= 15 is 0 Å². The van der Waals surface area contributed by atoms with Gasteiger partial charge in [-0.3, -0.25) is 9.69 Å². The third-order valence-corrected chi connectivity index (χ3v) is 6.78. The van der Waals surface area contributed by atoms with Crippen molar-refractivity contribution in [1.29, 1.82) is 0 Å². The van der Waals surface area contributed by atoms with Crippen molar-refractivity contribution in [1.82, 2.24) is 15.2 Å². The SMILES string of the molecule is Cc1ncc(CN2CC[C@H](NC(=O)[C@@H](C)C3CCCC3)[C@H](C)C2)s1. The van der Waals surface area contributed by atoms with Gasteiger partial charge in [-0.15, -0.1) is 11.3 Å². The molecule has 0 unspecified atom stereocenters. The van der Waals surface area contributed by atoms with Gasteiger partial charge in [-0.1, -0.05) is 26.7 Å². The minimum absolute atomic E-state index is 0.179. The van der Waals surface area contributed by atoms with E-state index in [0.717, 1.165) is 31.1 Å². The number of hydrogen-bond donors (Lipinski definition) is 1. The molecule has 0 spiro atoms. The number of carbonyl (C=O) groups excluding carboxylic acids is 1. The molecule has 1 aliphatic carbocycles. The lowest BCUT2D eigenvalue weighted by atomic mass is 9.89. The van der Waals surface area contributed by atoms with Crippen LogP contribution in [0.25, 0.3) is 0 Å². The number of thiazole rings is 1. The highest BCUT2D eigenvalue weighted by atomic mass is 32.1. The maximum absolute atomic E-state index is 12.6. The first kappa shape index (κ1) is 17.9. The Morgan fingerprint density at radius 2 is 2.17 bits per heavy atom. The molecule has 0 bridgehead atoms. The molecule has 4 nitrogen and oxygen atoms in total. The van der Waals surface area contributed by atoms with Crippen molar-refractivity contribution in [2.24, 2.45) is 17.8 Å². The molecule has 0 radical (unpaired) electrons. The zero-order valence-electron chi connectivity index (χ0n) is 15.3. The van der Waals surface area contributed by atoms with E-state index in [1.165, 1.54) is 30.6 Å².